The van der Waals surface area contributed by atoms with Crippen molar-refractivity contribution < 1.29 is 9.90 Å². The molecule has 4 N–H and O–H groups in total. The Bertz CT molecular complexity index is 539. The monoisotopic (exact) mass is 260 g/mol. The summed E-state index contributed by atoms with van der Waals surface area (Å²) in [5, 5.41) is 16.0. The molecule has 1 unspecified atom stereocenters. The van der Waals surface area contributed by atoms with Gasteiger partial charge in [-0.05, 0) is 11.6 Å². The number of aromatic nitrogens is 2. The minimum Gasteiger partial charge on any atom is -0.394 e. The molecule has 0 saturated heterocycles. The van der Waals surface area contributed by atoms with Gasteiger partial charge in [-0.2, -0.15) is 5.10 Å². The van der Waals surface area contributed by atoms with Crippen LogP contribution in [0, 0.1) is 0 Å². The fourth-order valence-electron chi connectivity index (χ4n) is 1.77. The van der Waals surface area contributed by atoms with Gasteiger partial charge in [0.25, 0.3) is 0 Å². The van der Waals surface area contributed by atoms with E-state index in [9.17, 15) is 9.90 Å². The number of nitrogen functional groups attached to an aromatic ring is 1. The van der Waals surface area contributed by atoms with Crippen LogP contribution in [0.15, 0.2) is 42.6 Å². The van der Waals surface area contributed by atoms with Gasteiger partial charge in [-0.25, -0.2) is 0 Å². The Hall–Kier alpha value is -2.34. The largest absolute Gasteiger partial charge is 0.394 e. The summed E-state index contributed by atoms with van der Waals surface area (Å²) < 4.78 is 1.45. The minimum atomic E-state index is -0.415. The van der Waals surface area contributed by atoms with Crippen LogP contribution >= 0.6 is 0 Å². The molecule has 1 aromatic heterocycles. The predicted octanol–water partition coefficient (Wildman–Crippen LogP) is 0.315. The van der Waals surface area contributed by atoms with Crippen molar-refractivity contribution in [2.24, 2.45) is 0 Å². The molecule has 0 aliphatic carbocycles. The Morgan fingerprint density at radius 3 is 2.68 bits per heavy atom. The van der Waals surface area contributed by atoms with Crippen LogP contribution in [0.5, 0.6) is 0 Å². The van der Waals surface area contributed by atoms with Crippen molar-refractivity contribution in [1.82, 2.24) is 15.1 Å². The number of anilines is 1. The number of nitrogens with zero attached hydrogens (tertiary/aromatic N) is 2. The number of aliphatic hydroxyl groups excluding tert-OH is 1. The highest BCUT2D eigenvalue weighted by molar-refractivity contribution is 5.76. The zero-order valence-corrected chi connectivity index (χ0v) is 10.4. The van der Waals surface area contributed by atoms with Crippen LogP contribution in [0.3, 0.4) is 0 Å². The number of nitrogens with two attached hydrogens (primary N) is 1. The van der Waals surface area contributed by atoms with Crippen molar-refractivity contribution in [3.8, 4) is 0 Å². The van der Waals surface area contributed by atoms with Crippen LogP contribution in [0.25, 0.3) is 0 Å². The number of nitrogens with one attached hydrogen (secondary N) is 1. The summed E-state index contributed by atoms with van der Waals surface area (Å²) in [4.78, 5) is 11.8. The van der Waals surface area contributed by atoms with E-state index >= 15 is 0 Å². The van der Waals surface area contributed by atoms with E-state index in [0.717, 1.165) is 5.56 Å². The van der Waals surface area contributed by atoms with E-state index in [0.29, 0.717) is 5.82 Å². The maximum absolute atomic E-state index is 11.8. The molecule has 1 aromatic carbocycles. The fourth-order valence-corrected chi connectivity index (χ4v) is 1.77. The highest BCUT2D eigenvalue weighted by Crippen LogP contribution is 2.11. The second-order valence-corrected chi connectivity index (χ2v) is 4.15. The second kappa shape index (κ2) is 6.01. The van der Waals surface area contributed by atoms with Crippen molar-refractivity contribution in [2.75, 3.05) is 12.3 Å². The first kappa shape index (κ1) is 13.1. The molecule has 0 radical (unpaired) electrons. The molecule has 1 heterocycles. The molecule has 0 saturated carbocycles. The summed E-state index contributed by atoms with van der Waals surface area (Å²) in [6, 6.07) is 10.5. The Labute approximate surface area is 110 Å². The first-order valence-corrected chi connectivity index (χ1v) is 5.93. The van der Waals surface area contributed by atoms with Crippen LogP contribution in [0.4, 0.5) is 5.82 Å². The van der Waals surface area contributed by atoms with Crippen LogP contribution in [0.2, 0.25) is 0 Å². The van der Waals surface area contributed by atoms with Crippen molar-refractivity contribution in [3.05, 3.63) is 48.2 Å². The third-order valence-electron chi connectivity index (χ3n) is 2.69. The topological polar surface area (TPSA) is 93.2 Å². The van der Waals surface area contributed by atoms with E-state index in [2.05, 4.69) is 10.4 Å². The van der Waals surface area contributed by atoms with Gasteiger partial charge in [0.2, 0.25) is 5.91 Å². The number of hydrogen-bond donors (Lipinski definition) is 3. The number of carbonyl (C=O) groups excluding carboxylic acids is 1. The lowest BCUT2D eigenvalue weighted by atomic mass is 10.1. The third kappa shape index (κ3) is 3.56. The lowest BCUT2D eigenvalue weighted by molar-refractivity contribution is -0.122. The van der Waals surface area contributed by atoms with Crippen LogP contribution in [-0.2, 0) is 11.3 Å². The summed E-state index contributed by atoms with van der Waals surface area (Å²) >= 11 is 0. The molecule has 6 nitrogen and oxygen atoms in total. The maximum Gasteiger partial charge on any atom is 0.242 e. The van der Waals surface area contributed by atoms with Crippen molar-refractivity contribution in [3.63, 3.8) is 0 Å². The summed E-state index contributed by atoms with van der Waals surface area (Å²) in [6.45, 7) is -0.0858. The Morgan fingerprint density at radius 2 is 2.11 bits per heavy atom. The van der Waals surface area contributed by atoms with Crippen molar-refractivity contribution in [1.29, 1.82) is 0 Å². The Kier molecular flexibility index (Phi) is 4.15. The maximum atomic E-state index is 11.8. The molecule has 0 bridgehead atoms. The normalized spacial score (nSPS) is 12.1. The molecule has 19 heavy (non-hydrogen) atoms. The van der Waals surface area contributed by atoms with Gasteiger partial charge in [-0.1, -0.05) is 30.3 Å². The SMILES string of the molecule is Nc1ccn(CC(=O)NC(CO)c2ccccc2)n1. The van der Waals surface area contributed by atoms with E-state index in [4.69, 9.17) is 5.73 Å². The molecule has 100 valence electrons. The van der Waals surface area contributed by atoms with Crippen LogP contribution in [-0.4, -0.2) is 27.4 Å². The molecule has 1 amide bonds. The molecule has 1 atom stereocenters. The van der Waals surface area contributed by atoms with Gasteiger partial charge in [0.15, 0.2) is 0 Å². The molecular weight excluding hydrogens is 244 g/mol. The van der Waals surface area contributed by atoms with Gasteiger partial charge in [0.05, 0.1) is 12.6 Å². The zero-order valence-electron chi connectivity index (χ0n) is 10.4. The molecule has 0 fully saturated rings. The molecule has 6 heteroatoms. The van der Waals surface area contributed by atoms with E-state index in [-0.39, 0.29) is 19.1 Å². The number of benzene rings is 1. The van der Waals surface area contributed by atoms with Crippen LogP contribution < -0.4 is 11.1 Å². The fraction of sp³-hybridized carbons (Fsp3) is 0.231. The number of amides is 1. The number of carbonyl (C=O) groups is 1. The Morgan fingerprint density at radius 1 is 1.37 bits per heavy atom. The molecule has 0 aliphatic rings. The first-order chi connectivity index (χ1) is 9.19. The smallest absolute Gasteiger partial charge is 0.242 e. The van der Waals surface area contributed by atoms with Gasteiger partial charge < -0.3 is 16.2 Å². The van der Waals surface area contributed by atoms with Gasteiger partial charge in [0, 0.05) is 6.20 Å². The van der Waals surface area contributed by atoms with E-state index in [1.165, 1.54) is 4.68 Å². The molecular formula is C13H16N4O2. The second-order valence-electron chi connectivity index (χ2n) is 4.15. The molecule has 0 spiro atoms. The summed E-state index contributed by atoms with van der Waals surface area (Å²) in [6.07, 6.45) is 1.63. The standard InChI is InChI=1S/C13H16N4O2/c14-12-6-7-17(16-12)8-13(19)15-11(9-18)10-4-2-1-3-5-10/h1-7,11,18H,8-9H2,(H2,14,16)(H,15,19). The lowest BCUT2D eigenvalue weighted by Crippen LogP contribution is -2.33. The van der Waals surface area contributed by atoms with E-state index in [1.807, 2.05) is 30.3 Å². The first-order valence-electron chi connectivity index (χ1n) is 5.93. The van der Waals surface area contributed by atoms with Crippen LogP contribution in [0.1, 0.15) is 11.6 Å². The van der Waals surface area contributed by atoms with Gasteiger partial charge in [0.1, 0.15) is 12.4 Å². The van der Waals surface area contributed by atoms with Crippen molar-refractivity contribution >= 4 is 11.7 Å². The third-order valence-corrected chi connectivity index (χ3v) is 2.69. The minimum absolute atomic E-state index is 0.0700. The van der Waals surface area contributed by atoms with E-state index < -0.39 is 6.04 Å². The average Bonchev–Trinajstić information content (AvgIpc) is 2.82. The summed E-state index contributed by atoms with van der Waals surface area (Å²) in [7, 11) is 0. The average molecular weight is 260 g/mol. The van der Waals surface area contributed by atoms with Gasteiger partial charge in [-0.15, -0.1) is 0 Å². The number of hydrogen-bond acceptors (Lipinski definition) is 4. The highest BCUT2D eigenvalue weighted by atomic mass is 16.3. The Balaban J connectivity index is 1.97. The van der Waals surface area contributed by atoms with E-state index in [1.54, 1.807) is 12.3 Å². The predicted molar refractivity (Wildman–Crippen MR) is 71.1 cm³/mol. The summed E-state index contributed by atoms with van der Waals surface area (Å²) in [5.74, 6) is 0.139. The quantitative estimate of drug-likeness (QED) is 0.721. The lowest BCUT2D eigenvalue weighted by Gasteiger charge is -2.16. The van der Waals surface area contributed by atoms with Gasteiger partial charge in [-0.3, -0.25) is 9.48 Å². The number of rotatable bonds is 5. The molecule has 0 aliphatic heterocycles. The zero-order chi connectivity index (χ0) is 13.7. The van der Waals surface area contributed by atoms with Gasteiger partial charge >= 0.3 is 0 Å². The van der Waals surface area contributed by atoms with Crippen molar-refractivity contribution in [2.45, 2.75) is 12.6 Å². The molecule has 2 rings (SSSR count). The summed E-state index contributed by atoms with van der Waals surface area (Å²) in [5.41, 5.74) is 6.33. The highest BCUT2D eigenvalue weighted by Gasteiger charge is 2.13. The number of aliphatic hydroxyl groups is 1. The molecule has 2 aromatic rings.